The first-order valence-corrected chi connectivity index (χ1v) is 6.76. The normalized spacial score (nSPS) is 17.8. The van der Waals surface area contributed by atoms with Gasteiger partial charge in [-0.2, -0.15) is 0 Å². The van der Waals surface area contributed by atoms with Crippen LogP contribution in [-0.4, -0.2) is 10.8 Å². The Bertz CT molecular complexity index is 618. The SMILES string of the molecule is Cc1cncc(C(=O)C2CCc3ccccc3C2)c1. The number of hydrogen-bond acceptors (Lipinski definition) is 2. The van der Waals surface area contributed by atoms with E-state index < -0.39 is 0 Å². The average Bonchev–Trinajstić information content (AvgIpc) is 2.46. The Labute approximate surface area is 113 Å². The molecule has 96 valence electrons. The van der Waals surface area contributed by atoms with Crippen molar-refractivity contribution in [2.45, 2.75) is 26.2 Å². The van der Waals surface area contributed by atoms with Crippen LogP contribution in [0.1, 0.15) is 33.5 Å². The fourth-order valence-electron chi connectivity index (χ4n) is 2.85. The number of ketones is 1. The maximum Gasteiger partial charge on any atom is 0.167 e. The Morgan fingerprint density at radius 3 is 2.79 bits per heavy atom. The van der Waals surface area contributed by atoms with Crippen LogP contribution in [0.3, 0.4) is 0 Å². The third kappa shape index (κ3) is 2.43. The molecule has 2 nitrogen and oxygen atoms in total. The van der Waals surface area contributed by atoms with Crippen LogP contribution in [0.4, 0.5) is 0 Å². The minimum atomic E-state index is 0.110. The number of aromatic nitrogens is 1. The molecule has 0 aliphatic heterocycles. The van der Waals surface area contributed by atoms with E-state index in [1.165, 1.54) is 11.1 Å². The lowest BCUT2D eigenvalue weighted by molar-refractivity contribution is 0.0908. The molecule has 0 bridgehead atoms. The van der Waals surface area contributed by atoms with Gasteiger partial charge in [-0.1, -0.05) is 24.3 Å². The third-order valence-corrected chi connectivity index (χ3v) is 3.88. The number of benzene rings is 1. The molecule has 1 aliphatic rings. The van der Waals surface area contributed by atoms with Crippen LogP contribution in [0.25, 0.3) is 0 Å². The molecule has 19 heavy (non-hydrogen) atoms. The predicted octanol–water partition coefficient (Wildman–Crippen LogP) is 3.38. The van der Waals surface area contributed by atoms with Gasteiger partial charge >= 0.3 is 0 Å². The highest BCUT2D eigenvalue weighted by molar-refractivity contribution is 5.98. The lowest BCUT2D eigenvalue weighted by Crippen LogP contribution is -2.23. The quantitative estimate of drug-likeness (QED) is 0.766. The van der Waals surface area contributed by atoms with Crippen LogP contribution in [0.2, 0.25) is 0 Å². The summed E-state index contributed by atoms with van der Waals surface area (Å²) in [6, 6.07) is 10.4. The molecule has 3 rings (SSSR count). The minimum Gasteiger partial charge on any atom is -0.294 e. The van der Waals surface area contributed by atoms with Crippen LogP contribution >= 0.6 is 0 Å². The van der Waals surface area contributed by atoms with Gasteiger partial charge in [0.1, 0.15) is 0 Å². The van der Waals surface area contributed by atoms with Crippen molar-refractivity contribution in [2.24, 2.45) is 5.92 Å². The number of rotatable bonds is 2. The smallest absolute Gasteiger partial charge is 0.167 e. The molecule has 0 saturated heterocycles. The number of Topliss-reactive ketones (excluding diaryl/α,β-unsaturated/α-hetero) is 1. The van der Waals surface area contributed by atoms with E-state index >= 15 is 0 Å². The van der Waals surface area contributed by atoms with Gasteiger partial charge in [-0.25, -0.2) is 0 Å². The van der Waals surface area contributed by atoms with E-state index in [2.05, 4.69) is 29.2 Å². The van der Waals surface area contributed by atoms with Crippen LogP contribution in [0.5, 0.6) is 0 Å². The molecular formula is C17H17NO. The molecular weight excluding hydrogens is 234 g/mol. The number of nitrogens with zero attached hydrogens (tertiary/aromatic N) is 1. The van der Waals surface area contributed by atoms with Crippen molar-refractivity contribution >= 4 is 5.78 Å². The van der Waals surface area contributed by atoms with Gasteiger partial charge in [0.05, 0.1) is 0 Å². The van der Waals surface area contributed by atoms with Crippen LogP contribution in [-0.2, 0) is 12.8 Å². The van der Waals surface area contributed by atoms with Crippen LogP contribution in [0.15, 0.2) is 42.7 Å². The summed E-state index contributed by atoms with van der Waals surface area (Å²) in [5.41, 5.74) is 4.52. The number of hydrogen-bond donors (Lipinski definition) is 0. The second-order valence-electron chi connectivity index (χ2n) is 5.32. The second-order valence-corrected chi connectivity index (χ2v) is 5.32. The molecule has 2 heteroatoms. The highest BCUT2D eigenvalue weighted by Crippen LogP contribution is 2.27. The first kappa shape index (κ1) is 12.1. The third-order valence-electron chi connectivity index (χ3n) is 3.88. The molecule has 0 radical (unpaired) electrons. The Morgan fingerprint density at radius 1 is 1.21 bits per heavy atom. The van der Waals surface area contributed by atoms with E-state index in [0.29, 0.717) is 0 Å². The summed E-state index contributed by atoms with van der Waals surface area (Å²) in [7, 11) is 0. The fraction of sp³-hybridized carbons (Fsp3) is 0.294. The zero-order valence-electron chi connectivity index (χ0n) is 11.1. The Morgan fingerprint density at radius 2 is 2.00 bits per heavy atom. The molecule has 1 atom stereocenters. The molecule has 0 amide bonds. The summed E-state index contributed by atoms with van der Waals surface area (Å²) in [5, 5.41) is 0. The van der Waals surface area contributed by atoms with E-state index in [9.17, 15) is 4.79 Å². The maximum absolute atomic E-state index is 12.5. The lowest BCUT2D eigenvalue weighted by Gasteiger charge is -2.23. The van der Waals surface area contributed by atoms with Gasteiger partial charge in [0, 0.05) is 23.9 Å². The molecule has 0 saturated carbocycles. The molecule has 1 aromatic carbocycles. The topological polar surface area (TPSA) is 30.0 Å². The standard InChI is InChI=1S/C17H17NO/c1-12-8-16(11-18-10-12)17(19)15-7-6-13-4-2-3-5-14(13)9-15/h2-5,8,10-11,15H,6-7,9H2,1H3. The lowest BCUT2D eigenvalue weighted by atomic mass is 9.80. The van der Waals surface area contributed by atoms with E-state index in [-0.39, 0.29) is 11.7 Å². The van der Waals surface area contributed by atoms with Gasteiger partial charge in [-0.15, -0.1) is 0 Å². The van der Waals surface area contributed by atoms with E-state index in [0.717, 1.165) is 30.4 Å². The molecule has 1 aromatic heterocycles. The molecule has 1 aliphatic carbocycles. The van der Waals surface area contributed by atoms with Crippen molar-refractivity contribution in [3.05, 3.63) is 65.0 Å². The van der Waals surface area contributed by atoms with Crippen molar-refractivity contribution in [2.75, 3.05) is 0 Å². The van der Waals surface area contributed by atoms with Crippen molar-refractivity contribution in [1.29, 1.82) is 0 Å². The summed E-state index contributed by atoms with van der Waals surface area (Å²) in [6.07, 6.45) is 6.29. The molecule has 2 aromatic rings. The van der Waals surface area contributed by atoms with Crippen molar-refractivity contribution in [3.63, 3.8) is 0 Å². The molecule has 0 N–H and O–H groups in total. The maximum atomic E-state index is 12.5. The summed E-state index contributed by atoms with van der Waals surface area (Å²) < 4.78 is 0. The van der Waals surface area contributed by atoms with Crippen molar-refractivity contribution < 1.29 is 4.79 Å². The molecule has 1 heterocycles. The van der Waals surface area contributed by atoms with Gasteiger partial charge in [-0.3, -0.25) is 9.78 Å². The highest BCUT2D eigenvalue weighted by atomic mass is 16.1. The van der Waals surface area contributed by atoms with E-state index in [4.69, 9.17) is 0 Å². The minimum absolute atomic E-state index is 0.110. The van der Waals surface area contributed by atoms with Gasteiger partial charge in [0.15, 0.2) is 5.78 Å². The number of carbonyl (C=O) groups excluding carboxylic acids is 1. The van der Waals surface area contributed by atoms with Crippen LogP contribution < -0.4 is 0 Å². The summed E-state index contributed by atoms with van der Waals surface area (Å²) >= 11 is 0. The molecule has 0 spiro atoms. The largest absolute Gasteiger partial charge is 0.294 e. The Balaban J connectivity index is 1.83. The average molecular weight is 251 g/mol. The number of carbonyl (C=O) groups is 1. The van der Waals surface area contributed by atoms with Gasteiger partial charge in [0.2, 0.25) is 0 Å². The zero-order chi connectivity index (χ0) is 13.2. The highest BCUT2D eigenvalue weighted by Gasteiger charge is 2.25. The summed E-state index contributed by atoms with van der Waals surface area (Å²) in [4.78, 5) is 16.6. The van der Waals surface area contributed by atoms with Gasteiger partial charge in [-0.05, 0) is 48.9 Å². The van der Waals surface area contributed by atoms with E-state index in [1.807, 2.05) is 13.0 Å². The number of fused-ring (bicyclic) bond motifs is 1. The Kier molecular flexibility index (Phi) is 3.16. The predicted molar refractivity (Wildman–Crippen MR) is 75.3 cm³/mol. The molecule has 0 fully saturated rings. The van der Waals surface area contributed by atoms with Crippen LogP contribution in [0, 0.1) is 12.8 Å². The first-order chi connectivity index (χ1) is 9.24. The van der Waals surface area contributed by atoms with Gasteiger partial charge in [0.25, 0.3) is 0 Å². The van der Waals surface area contributed by atoms with Gasteiger partial charge < -0.3 is 0 Å². The monoisotopic (exact) mass is 251 g/mol. The fourth-order valence-corrected chi connectivity index (χ4v) is 2.85. The van der Waals surface area contributed by atoms with Crippen molar-refractivity contribution in [1.82, 2.24) is 4.98 Å². The number of aryl methyl sites for hydroxylation is 2. The summed E-state index contributed by atoms with van der Waals surface area (Å²) in [5.74, 6) is 0.351. The first-order valence-electron chi connectivity index (χ1n) is 6.76. The second kappa shape index (κ2) is 4.96. The summed E-state index contributed by atoms with van der Waals surface area (Å²) in [6.45, 7) is 1.97. The zero-order valence-corrected chi connectivity index (χ0v) is 11.1. The van der Waals surface area contributed by atoms with Crippen molar-refractivity contribution in [3.8, 4) is 0 Å². The Hall–Kier alpha value is -1.96. The number of pyridine rings is 1. The van der Waals surface area contributed by atoms with E-state index in [1.54, 1.807) is 12.4 Å². The molecule has 1 unspecified atom stereocenters.